The van der Waals surface area contributed by atoms with Gasteiger partial charge in [-0.25, -0.2) is 0 Å². The zero-order valence-corrected chi connectivity index (χ0v) is 15.6. The predicted octanol–water partition coefficient (Wildman–Crippen LogP) is 5.98. The molecule has 2 aliphatic rings. The van der Waals surface area contributed by atoms with E-state index in [1.807, 2.05) is 0 Å². The van der Waals surface area contributed by atoms with Gasteiger partial charge >= 0.3 is 0 Å². The molecule has 0 saturated carbocycles. The van der Waals surface area contributed by atoms with E-state index in [-0.39, 0.29) is 0 Å². The van der Waals surface area contributed by atoms with Crippen molar-refractivity contribution >= 4 is 5.69 Å². The summed E-state index contributed by atoms with van der Waals surface area (Å²) in [4.78, 5) is 2.59. The van der Waals surface area contributed by atoms with Crippen LogP contribution in [-0.2, 0) is 6.42 Å². The second-order valence-electron chi connectivity index (χ2n) is 7.94. The molecule has 1 heterocycles. The first kappa shape index (κ1) is 15.7. The molecule has 1 nitrogen and oxygen atoms in total. The maximum absolute atomic E-state index is 2.59. The Morgan fingerprint density at radius 2 is 1.75 bits per heavy atom. The van der Waals surface area contributed by atoms with Gasteiger partial charge in [-0.05, 0) is 54.4 Å². The summed E-state index contributed by atoms with van der Waals surface area (Å²) in [5.41, 5.74) is 8.93. The van der Waals surface area contributed by atoms with Crippen molar-refractivity contribution < 1.29 is 0 Å². The van der Waals surface area contributed by atoms with Crippen LogP contribution in [0.3, 0.4) is 0 Å². The Hall–Kier alpha value is -1.76. The topological polar surface area (TPSA) is 3.24 Å². The van der Waals surface area contributed by atoms with Crippen LogP contribution in [0.5, 0.6) is 0 Å². The van der Waals surface area contributed by atoms with Gasteiger partial charge in [0.15, 0.2) is 0 Å². The normalized spacial score (nSPS) is 28.1. The zero-order valence-electron chi connectivity index (χ0n) is 15.6. The van der Waals surface area contributed by atoms with E-state index >= 15 is 0 Å². The molecule has 0 fully saturated rings. The molecule has 0 N–H and O–H groups in total. The Balaban J connectivity index is 1.84. The highest BCUT2D eigenvalue weighted by molar-refractivity contribution is 5.84. The Morgan fingerprint density at radius 3 is 2.50 bits per heavy atom. The average molecular weight is 319 g/mol. The molecule has 2 aromatic carbocycles. The molecule has 1 heteroatoms. The molecular weight excluding hydrogens is 290 g/mol. The van der Waals surface area contributed by atoms with Gasteiger partial charge in [0.1, 0.15) is 0 Å². The van der Waals surface area contributed by atoms with Crippen molar-refractivity contribution in [2.24, 2.45) is 5.92 Å². The first-order chi connectivity index (χ1) is 11.5. The summed E-state index contributed by atoms with van der Waals surface area (Å²) >= 11 is 0. The van der Waals surface area contributed by atoms with Gasteiger partial charge in [-0.3, -0.25) is 0 Å². The third kappa shape index (κ3) is 2.13. The fraction of sp³-hybridized carbons (Fsp3) is 0.478. The zero-order chi connectivity index (χ0) is 17.0. The molecule has 1 aliphatic heterocycles. The van der Waals surface area contributed by atoms with Gasteiger partial charge in [-0.15, -0.1) is 0 Å². The smallest absolute Gasteiger partial charge is 0.0484 e. The van der Waals surface area contributed by atoms with Crippen LogP contribution in [0, 0.1) is 5.92 Å². The average Bonchev–Trinajstić information content (AvgIpc) is 3.01. The fourth-order valence-corrected chi connectivity index (χ4v) is 4.89. The number of rotatable bonds is 2. The number of hydrogen-bond donors (Lipinski definition) is 0. The molecule has 2 aromatic rings. The molecule has 1 aliphatic carbocycles. The predicted molar refractivity (Wildman–Crippen MR) is 104 cm³/mol. The van der Waals surface area contributed by atoms with Crippen molar-refractivity contribution in [1.82, 2.24) is 0 Å². The van der Waals surface area contributed by atoms with Gasteiger partial charge in [0.25, 0.3) is 0 Å². The summed E-state index contributed by atoms with van der Waals surface area (Å²) in [6, 6.07) is 14.7. The third-order valence-electron chi connectivity index (χ3n) is 6.74. The van der Waals surface area contributed by atoms with E-state index in [1.54, 1.807) is 11.1 Å². The molecule has 126 valence electrons. The van der Waals surface area contributed by atoms with Gasteiger partial charge in [0.2, 0.25) is 0 Å². The van der Waals surface area contributed by atoms with Crippen LogP contribution in [0.2, 0.25) is 0 Å². The molecule has 0 unspecified atom stereocenters. The maximum atomic E-state index is 2.59. The summed E-state index contributed by atoms with van der Waals surface area (Å²) in [5.74, 6) is 2.07. The molecule has 0 bridgehead atoms. The molecule has 0 saturated heterocycles. The minimum atomic E-state index is 0.584. The highest BCUT2D eigenvalue weighted by Gasteiger charge is 2.34. The van der Waals surface area contributed by atoms with Crippen LogP contribution in [0.1, 0.15) is 63.1 Å². The van der Waals surface area contributed by atoms with E-state index in [9.17, 15) is 0 Å². The van der Waals surface area contributed by atoms with Crippen LogP contribution < -0.4 is 4.90 Å². The maximum Gasteiger partial charge on any atom is 0.0484 e. The standard InChI is InChI=1S/C23H29N/c1-6-24-17(5)16(4)21-8-7-9-22(23(21)24)18-10-11-20-15(3)14(2)12-19(20)13-18/h7-11,13-17H,6,12H2,1-5H3/t14-,15-,16-,17+/m1/s1. The summed E-state index contributed by atoms with van der Waals surface area (Å²) in [6.07, 6.45) is 1.23. The quantitative estimate of drug-likeness (QED) is 0.658. The summed E-state index contributed by atoms with van der Waals surface area (Å²) in [5, 5.41) is 0. The Kier molecular flexibility index (Phi) is 3.71. The number of likely N-dealkylation sites (N-methyl/N-ethyl adjacent to an activating group) is 1. The lowest BCUT2D eigenvalue weighted by Gasteiger charge is -2.26. The van der Waals surface area contributed by atoms with Crippen molar-refractivity contribution in [2.75, 3.05) is 11.4 Å². The summed E-state index contributed by atoms with van der Waals surface area (Å²) < 4.78 is 0. The number of para-hydroxylation sites is 1. The summed E-state index contributed by atoms with van der Waals surface area (Å²) in [6.45, 7) is 12.8. The third-order valence-corrected chi connectivity index (χ3v) is 6.74. The number of anilines is 1. The minimum absolute atomic E-state index is 0.584. The molecule has 0 spiro atoms. The van der Waals surface area contributed by atoms with Crippen LogP contribution >= 0.6 is 0 Å². The van der Waals surface area contributed by atoms with E-state index < -0.39 is 0 Å². The highest BCUT2D eigenvalue weighted by Crippen LogP contribution is 2.47. The molecule has 0 radical (unpaired) electrons. The van der Waals surface area contributed by atoms with Gasteiger partial charge in [-0.2, -0.15) is 0 Å². The lowest BCUT2D eigenvalue weighted by Crippen LogP contribution is -2.30. The van der Waals surface area contributed by atoms with Gasteiger partial charge in [0, 0.05) is 29.8 Å². The van der Waals surface area contributed by atoms with E-state index in [0.29, 0.717) is 17.9 Å². The lowest BCUT2D eigenvalue weighted by atomic mass is 9.93. The van der Waals surface area contributed by atoms with Gasteiger partial charge in [-0.1, -0.05) is 57.2 Å². The van der Waals surface area contributed by atoms with Gasteiger partial charge < -0.3 is 4.90 Å². The highest BCUT2D eigenvalue weighted by atomic mass is 15.2. The minimum Gasteiger partial charge on any atom is -0.368 e. The fourth-order valence-electron chi connectivity index (χ4n) is 4.89. The molecule has 24 heavy (non-hydrogen) atoms. The number of nitrogens with zero attached hydrogens (tertiary/aromatic N) is 1. The summed E-state index contributed by atoms with van der Waals surface area (Å²) in [7, 11) is 0. The van der Waals surface area contributed by atoms with Crippen molar-refractivity contribution in [3.63, 3.8) is 0 Å². The largest absolute Gasteiger partial charge is 0.368 e. The number of fused-ring (bicyclic) bond motifs is 2. The van der Waals surface area contributed by atoms with E-state index in [0.717, 1.165) is 12.5 Å². The van der Waals surface area contributed by atoms with Crippen molar-refractivity contribution in [3.8, 4) is 11.1 Å². The molecule has 0 aromatic heterocycles. The van der Waals surface area contributed by atoms with Gasteiger partial charge in [0.05, 0.1) is 0 Å². The Morgan fingerprint density at radius 1 is 0.958 bits per heavy atom. The molecule has 0 amide bonds. The SMILES string of the molecule is CCN1c2c(-c3ccc4c(c3)C[C@@H](C)[C@H]4C)cccc2[C@H](C)[C@@H]1C. The van der Waals surface area contributed by atoms with Crippen molar-refractivity contribution in [2.45, 2.75) is 58.9 Å². The van der Waals surface area contributed by atoms with Crippen LogP contribution in [0.25, 0.3) is 11.1 Å². The second kappa shape index (κ2) is 5.65. The monoisotopic (exact) mass is 319 g/mol. The van der Waals surface area contributed by atoms with Crippen LogP contribution in [0.15, 0.2) is 36.4 Å². The second-order valence-corrected chi connectivity index (χ2v) is 7.94. The lowest BCUT2D eigenvalue weighted by molar-refractivity contribution is 0.532. The Labute approximate surface area is 146 Å². The van der Waals surface area contributed by atoms with E-state index in [1.165, 1.54) is 28.8 Å². The molecule has 4 atom stereocenters. The first-order valence-corrected chi connectivity index (χ1v) is 9.55. The van der Waals surface area contributed by atoms with Crippen molar-refractivity contribution in [1.29, 1.82) is 0 Å². The number of hydrogen-bond acceptors (Lipinski definition) is 1. The first-order valence-electron chi connectivity index (χ1n) is 9.55. The molecule has 4 rings (SSSR count). The molecular formula is C23H29N. The Bertz CT molecular complexity index is 776. The van der Waals surface area contributed by atoms with Crippen LogP contribution in [-0.4, -0.2) is 12.6 Å². The van der Waals surface area contributed by atoms with E-state index in [2.05, 4.69) is 75.9 Å². The van der Waals surface area contributed by atoms with E-state index in [4.69, 9.17) is 0 Å². The number of benzene rings is 2. The van der Waals surface area contributed by atoms with Crippen molar-refractivity contribution in [3.05, 3.63) is 53.1 Å². The van der Waals surface area contributed by atoms with Crippen LogP contribution in [0.4, 0.5) is 5.69 Å².